The predicted octanol–water partition coefficient (Wildman–Crippen LogP) is 2.86. The van der Waals surface area contributed by atoms with E-state index in [4.69, 9.17) is 9.47 Å². The highest BCUT2D eigenvalue weighted by atomic mass is 19.1. The zero-order chi connectivity index (χ0) is 14.5. The summed E-state index contributed by atoms with van der Waals surface area (Å²) in [7, 11) is 1.55. The first-order valence-corrected chi connectivity index (χ1v) is 6.18. The van der Waals surface area contributed by atoms with Crippen molar-refractivity contribution < 1.29 is 19.0 Å². The van der Waals surface area contributed by atoms with E-state index in [0.717, 1.165) is 6.20 Å². The summed E-state index contributed by atoms with van der Waals surface area (Å²) in [5.74, 6) is 0.720. The third-order valence-corrected chi connectivity index (χ3v) is 2.83. The molecule has 5 heteroatoms. The summed E-state index contributed by atoms with van der Waals surface area (Å²) < 4.78 is 23.8. The molecule has 1 aromatic heterocycles. The zero-order valence-corrected chi connectivity index (χ0v) is 11.3. The molecular weight excluding hydrogens is 261 g/mol. The second-order valence-electron chi connectivity index (χ2n) is 4.38. The van der Waals surface area contributed by atoms with E-state index in [1.807, 2.05) is 0 Å². The van der Waals surface area contributed by atoms with Crippen molar-refractivity contribution in [3.05, 3.63) is 53.6 Å². The topological polar surface area (TPSA) is 51.6 Å². The maximum Gasteiger partial charge on any atom is 0.141 e. The third-order valence-electron chi connectivity index (χ3n) is 2.83. The van der Waals surface area contributed by atoms with E-state index in [0.29, 0.717) is 22.6 Å². The maximum absolute atomic E-state index is 13.0. The summed E-state index contributed by atoms with van der Waals surface area (Å²) in [5, 5.41) is 9.72. The van der Waals surface area contributed by atoms with Crippen molar-refractivity contribution in [3.63, 3.8) is 0 Å². The van der Waals surface area contributed by atoms with Crippen LogP contribution in [0, 0.1) is 5.82 Å². The lowest BCUT2D eigenvalue weighted by molar-refractivity contribution is 0.189. The van der Waals surface area contributed by atoms with Crippen molar-refractivity contribution in [1.82, 2.24) is 4.98 Å². The van der Waals surface area contributed by atoms with Crippen molar-refractivity contribution in [2.75, 3.05) is 7.11 Å². The lowest BCUT2D eigenvalue weighted by atomic mass is 10.1. The molecule has 0 amide bonds. The van der Waals surface area contributed by atoms with Crippen LogP contribution in [0.1, 0.15) is 24.2 Å². The van der Waals surface area contributed by atoms with Crippen LogP contribution in [0.3, 0.4) is 0 Å². The monoisotopic (exact) mass is 277 g/mol. The van der Waals surface area contributed by atoms with Crippen LogP contribution in [0.25, 0.3) is 0 Å². The molecule has 1 aromatic carbocycles. The Kier molecular flexibility index (Phi) is 4.53. The van der Waals surface area contributed by atoms with Crippen LogP contribution in [0.2, 0.25) is 0 Å². The van der Waals surface area contributed by atoms with E-state index < -0.39 is 11.9 Å². The van der Waals surface area contributed by atoms with E-state index in [1.165, 1.54) is 12.3 Å². The Morgan fingerprint density at radius 1 is 1.30 bits per heavy atom. The molecule has 0 fully saturated rings. The minimum absolute atomic E-state index is 0.164. The molecule has 0 spiro atoms. The Bertz CT molecular complexity index is 587. The Hall–Kier alpha value is -2.14. The van der Waals surface area contributed by atoms with Gasteiger partial charge >= 0.3 is 0 Å². The van der Waals surface area contributed by atoms with Crippen molar-refractivity contribution in [2.24, 2.45) is 0 Å². The van der Waals surface area contributed by atoms with Gasteiger partial charge in [0.15, 0.2) is 0 Å². The fraction of sp³-hybridized carbons (Fsp3) is 0.267. The van der Waals surface area contributed by atoms with Gasteiger partial charge in [-0.3, -0.25) is 4.98 Å². The van der Waals surface area contributed by atoms with Crippen LogP contribution in [0.15, 0.2) is 36.7 Å². The second-order valence-corrected chi connectivity index (χ2v) is 4.38. The van der Waals surface area contributed by atoms with Gasteiger partial charge in [0.25, 0.3) is 0 Å². The zero-order valence-electron chi connectivity index (χ0n) is 11.3. The molecule has 0 saturated heterocycles. The van der Waals surface area contributed by atoms with Crippen molar-refractivity contribution in [1.29, 1.82) is 0 Å². The molecule has 1 N–H and O–H groups in total. The first-order chi connectivity index (χ1) is 9.60. The normalized spacial score (nSPS) is 12.0. The molecule has 0 aliphatic rings. The predicted molar refractivity (Wildman–Crippen MR) is 72.2 cm³/mol. The molecule has 0 aliphatic carbocycles. The summed E-state index contributed by atoms with van der Waals surface area (Å²) in [6.07, 6.45) is 2.00. The van der Waals surface area contributed by atoms with Crippen molar-refractivity contribution in [3.8, 4) is 11.5 Å². The number of methoxy groups -OCH3 is 1. The van der Waals surface area contributed by atoms with E-state index >= 15 is 0 Å². The first-order valence-electron chi connectivity index (χ1n) is 6.18. The molecule has 0 radical (unpaired) electrons. The van der Waals surface area contributed by atoms with Gasteiger partial charge in [0.05, 0.1) is 19.4 Å². The lowest BCUT2D eigenvalue weighted by Crippen LogP contribution is -2.02. The fourth-order valence-corrected chi connectivity index (χ4v) is 1.81. The van der Waals surface area contributed by atoms with Gasteiger partial charge in [0, 0.05) is 23.4 Å². The third kappa shape index (κ3) is 3.45. The number of hydrogen-bond acceptors (Lipinski definition) is 4. The Balaban J connectivity index is 2.19. The smallest absolute Gasteiger partial charge is 0.141 e. The highest BCUT2D eigenvalue weighted by molar-refractivity contribution is 5.41. The molecule has 2 rings (SSSR count). The second kappa shape index (κ2) is 6.34. The van der Waals surface area contributed by atoms with Gasteiger partial charge in [-0.15, -0.1) is 0 Å². The van der Waals surface area contributed by atoms with Crippen LogP contribution >= 0.6 is 0 Å². The maximum atomic E-state index is 13.0. The van der Waals surface area contributed by atoms with E-state index in [2.05, 4.69) is 4.98 Å². The van der Waals surface area contributed by atoms with Crippen LogP contribution in [0.4, 0.5) is 4.39 Å². The van der Waals surface area contributed by atoms with Gasteiger partial charge in [-0.1, -0.05) is 0 Å². The van der Waals surface area contributed by atoms with Gasteiger partial charge in [0.1, 0.15) is 23.9 Å². The Labute approximate surface area is 116 Å². The SMILES string of the molecule is COc1ccc([C@H](C)O)c(OCc2cncc(F)c2)c1. The minimum atomic E-state index is -0.665. The van der Waals surface area contributed by atoms with Gasteiger partial charge in [-0.25, -0.2) is 4.39 Å². The molecule has 106 valence electrons. The lowest BCUT2D eigenvalue weighted by Gasteiger charge is -2.14. The summed E-state index contributed by atoms with van der Waals surface area (Å²) in [4.78, 5) is 3.76. The molecule has 0 aliphatic heterocycles. The highest BCUT2D eigenvalue weighted by Gasteiger charge is 2.11. The molecule has 4 nitrogen and oxygen atoms in total. The van der Waals surface area contributed by atoms with E-state index in [1.54, 1.807) is 32.2 Å². The van der Waals surface area contributed by atoms with Crippen LogP contribution in [0.5, 0.6) is 11.5 Å². The van der Waals surface area contributed by atoms with Gasteiger partial charge in [0.2, 0.25) is 0 Å². The quantitative estimate of drug-likeness (QED) is 0.913. The number of halogens is 1. The number of pyridine rings is 1. The number of rotatable bonds is 5. The molecule has 0 unspecified atom stereocenters. The van der Waals surface area contributed by atoms with E-state index in [-0.39, 0.29) is 6.61 Å². The number of aliphatic hydroxyl groups is 1. The van der Waals surface area contributed by atoms with Gasteiger partial charge in [-0.05, 0) is 25.1 Å². The van der Waals surface area contributed by atoms with Crippen LogP contribution in [-0.2, 0) is 6.61 Å². The van der Waals surface area contributed by atoms with Crippen molar-refractivity contribution in [2.45, 2.75) is 19.6 Å². The highest BCUT2D eigenvalue weighted by Crippen LogP contribution is 2.30. The fourth-order valence-electron chi connectivity index (χ4n) is 1.81. The largest absolute Gasteiger partial charge is 0.497 e. The summed E-state index contributed by atoms with van der Waals surface area (Å²) >= 11 is 0. The average molecular weight is 277 g/mol. The molecular formula is C15H16FNO3. The number of benzene rings is 1. The Morgan fingerprint density at radius 2 is 2.10 bits per heavy atom. The number of nitrogens with zero attached hydrogens (tertiary/aromatic N) is 1. The van der Waals surface area contributed by atoms with E-state index in [9.17, 15) is 9.50 Å². The number of aliphatic hydroxyl groups excluding tert-OH is 1. The molecule has 2 aromatic rings. The van der Waals surface area contributed by atoms with Gasteiger partial charge < -0.3 is 14.6 Å². The molecule has 0 bridgehead atoms. The van der Waals surface area contributed by atoms with Crippen LogP contribution in [-0.4, -0.2) is 17.2 Å². The summed E-state index contributed by atoms with van der Waals surface area (Å²) in [5.41, 5.74) is 1.26. The number of aromatic nitrogens is 1. The summed E-state index contributed by atoms with van der Waals surface area (Å²) in [6.45, 7) is 1.82. The number of hydrogen-bond donors (Lipinski definition) is 1. The number of ether oxygens (including phenoxy) is 2. The Morgan fingerprint density at radius 3 is 2.75 bits per heavy atom. The van der Waals surface area contributed by atoms with Gasteiger partial charge in [-0.2, -0.15) is 0 Å². The molecule has 20 heavy (non-hydrogen) atoms. The van der Waals surface area contributed by atoms with Crippen LogP contribution < -0.4 is 9.47 Å². The molecule has 0 saturated carbocycles. The summed E-state index contributed by atoms with van der Waals surface area (Å²) in [6, 6.07) is 6.53. The standard InChI is InChI=1S/C15H16FNO3/c1-10(18)14-4-3-13(19-2)6-15(14)20-9-11-5-12(16)8-17-7-11/h3-8,10,18H,9H2,1-2H3/t10-/m0/s1. The minimum Gasteiger partial charge on any atom is -0.497 e. The molecule has 1 atom stereocenters. The average Bonchev–Trinajstić information content (AvgIpc) is 2.44. The molecule has 1 heterocycles. The van der Waals surface area contributed by atoms with Crippen molar-refractivity contribution >= 4 is 0 Å². The first kappa shape index (κ1) is 14.3.